The predicted octanol–water partition coefficient (Wildman–Crippen LogP) is 5.37. The largest absolute Gasteiger partial charge is 0.276 e. The van der Waals surface area contributed by atoms with Gasteiger partial charge in [-0.05, 0) is 34.1 Å². The van der Waals surface area contributed by atoms with Crippen LogP contribution in [0.3, 0.4) is 0 Å². The highest BCUT2D eigenvalue weighted by atomic mass is 79.9. The van der Waals surface area contributed by atoms with Gasteiger partial charge in [0, 0.05) is 15.1 Å². The van der Waals surface area contributed by atoms with Crippen molar-refractivity contribution in [2.45, 2.75) is 4.90 Å². The highest BCUT2D eigenvalue weighted by Gasteiger charge is 2.22. The summed E-state index contributed by atoms with van der Waals surface area (Å²) in [5.74, 6) is 0. The van der Waals surface area contributed by atoms with Gasteiger partial charge in [-0.3, -0.25) is 4.72 Å². The van der Waals surface area contributed by atoms with E-state index in [9.17, 15) is 8.42 Å². The molecule has 1 aromatic heterocycles. The molecule has 0 amide bonds. The van der Waals surface area contributed by atoms with Crippen molar-refractivity contribution in [3.63, 3.8) is 0 Å². The third-order valence-corrected chi connectivity index (χ3v) is 5.57. The summed E-state index contributed by atoms with van der Waals surface area (Å²) in [5, 5.41) is 0.143. The van der Waals surface area contributed by atoms with Crippen LogP contribution in [0.4, 0.5) is 5.69 Å². The van der Waals surface area contributed by atoms with Gasteiger partial charge >= 0.3 is 0 Å². The van der Waals surface area contributed by atoms with E-state index in [1.807, 2.05) is 0 Å². The molecule has 0 aliphatic heterocycles. The molecule has 0 unspecified atom stereocenters. The van der Waals surface area contributed by atoms with Crippen LogP contribution < -0.4 is 4.72 Å². The van der Waals surface area contributed by atoms with E-state index in [0.717, 1.165) is 0 Å². The summed E-state index contributed by atoms with van der Waals surface area (Å²) in [5.41, 5.74) is 0.0672. The third-order valence-electron chi connectivity index (χ3n) is 2.31. The molecule has 0 fully saturated rings. The van der Waals surface area contributed by atoms with E-state index >= 15 is 0 Å². The van der Waals surface area contributed by atoms with Crippen LogP contribution in [0.15, 0.2) is 38.2 Å². The monoisotopic (exact) mass is 492 g/mol. The minimum atomic E-state index is -3.98. The van der Waals surface area contributed by atoms with Gasteiger partial charge in [0.2, 0.25) is 0 Å². The number of pyridine rings is 1. The topological polar surface area (TPSA) is 59.1 Å². The highest BCUT2D eigenvalue weighted by molar-refractivity contribution is 9.10. The Morgan fingerprint density at radius 1 is 1.00 bits per heavy atom. The molecule has 1 heterocycles. The fourth-order valence-corrected chi connectivity index (χ4v) is 4.88. The van der Waals surface area contributed by atoms with Gasteiger partial charge in [-0.25, -0.2) is 13.4 Å². The van der Waals surface area contributed by atoms with Gasteiger partial charge < -0.3 is 0 Å². The molecular formula is C11H5Br2Cl3N2O2S. The molecule has 0 radical (unpaired) electrons. The Bertz CT molecular complexity index is 792. The van der Waals surface area contributed by atoms with E-state index < -0.39 is 10.0 Å². The van der Waals surface area contributed by atoms with Gasteiger partial charge in [0.25, 0.3) is 10.0 Å². The first-order valence-corrected chi connectivity index (χ1v) is 9.39. The minimum absolute atomic E-state index is 0.0672. The van der Waals surface area contributed by atoms with Crippen LogP contribution in [0.25, 0.3) is 0 Å². The van der Waals surface area contributed by atoms with Crippen LogP contribution in [0, 0.1) is 0 Å². The summed E-state index contributed by atoms with van der Waals surface area (Å²) in [7, 11) is -3.98. The number of rotatable bonds is 3. The molecule has 2 aromatic rings. The minimum Gasteiger partial charge on any atom is -0.276 e. The van der Waals surface area contributed by atoms with Crippen molar-refractivity contribution in [2.75, 3.05) is 4.72 Å². The van der Waals surface area contributed by atoms with Crippen LogP contribution in [-0.2, 0) is 10.0 Å². The van der Waals surface area contributed by atoms with Gasteiger partial charge in [-0.1, -0.05) is 50.7 Å². The molecule has 4 nitrogen and oxygen atoms in total. The van der Waals surface area contributed by atoms with E-state index in [0.29, 0.717) is 8.95 Å². The van der Waals surface area contributed by atoms with Crippen LogP contribution in [-0.4, -0.2) is 13.4 Å². The second-order valence-electron chi connectivity index (χ2n) is 3.79. The molecule has 1 aromatic carbocycles. The van der Waals surface area contributed by atoms with Gasteiger partial charge in [0.15, 0.2) is 0 Å². The maximum Gasteiger partial charge on any atom is 0.265 e. The van der Waals surface area contributed by atoms with E-state index in [1.165, 1.54) is 24.4 Å². The van der Waals surface area contributed by atoms with Crippen molar-refractivity contribution >= 4 is 82.4 Å². The fourth-order valence-electron chi connectivity index (χ4n) is 1.42. The molecule has 0 spiro atoms. The average molecular weight is 495 g/mol. The Hall–Kier alpha value is -0.0500. The Morgan fingerprint density at radius 3 is 2.14 bits per heavy atom. The number of hydrogen-bond donors (Lipinski definition) is 1. The smallest absolute Gasteiger partial charge is 0.265 e. The predicted molar refractivity (Wildman–Crippen MR) is 91.9 cm³/mol. The number of benzene rings is 1. The molecular weight excluding hydrogens is 490 g/mol. The van der Waals surface area contributed by atoms with E-state index in [-0.39, 0.29) is 25.8 Å². The lowest BCUT2D eigenvalue weighted by atomic mass is 10.3. The Kier molecular flexibility index (Phi) is 5.44. The number of nitrogens with one attached hydrogen (secondary N) is 1. The molecule has 0 saturated carbocycles. The third kappa shape index (κ3) is 4.03. The molecule has 0 aliphatic rings. The molecule has 10 heteroatoms. The fraction of sp³-hybridized carbons (Fsp3) is 0. The van der Waals surface area contributed by atoms with Gasteiger partial charge in [0.05, 0.1) is 15.7 Å². The quantitative estimate of drug-likeness (QED) is 0.583. The highest BCUT2D eigenvalue weighted by Crippen LogP contribution is 2.36. The van der Waals surface area contributed by atoms with E-state index in [1.54, 1.807) is 0 Å². The summed E-state index contributed by atoms with van der Waals surface area (Å²) in [6.45, 7) is 0. The Balaban J connectivity index is 2.50. The Morgan fingerprint density at radius 2 is 1.57 bits per heavy atom. The number of anilines is 1. The summed E-state index contributed by atoms with van der Waals surface area (Å²) in [4.78, 5) is 3.58. The van der Waals surface area contributed by atoms with Crippen molar-refractivity contribution in [2.24, 2.45) is 0 Å². The first kappa shape index (κ1) is 17.3. The lowest BCUT2D eigenvalue weighted by molar-refractivity contribution is 0.601. The molecule has 0 atom stereocenters. The standard InChI is InChI=1S/C11H5Br2Cl3N2O2S/c12-5-1-7(14)10(8(15)2-5)18-21(19,20)9-3-6(13)4-17-11(9)16/h1-4,18H. The molecule has 0 aliphatic carbocycles. The summed E-state index contributed by atoms with van der Waals surface area (Å²) >= 11 is 24.2. The number of nitrogens with zero attached hydrogens (tertiary/aromatic N) is 1. The number of aromatic nitrogens is 1. The second kappa shape index (κ2) is 6.60. The lowest BCUT2D eigenvalue weighted by Crippen LogP contribution is -2.14. The normalized spacial score (nSPS) is 11.5. The average Bonchev–Trinajstić information content (AvgIpc) is 2.36. The van der Waals surface area contributed by atoms with Crippen molar-refractivity contribution in [1.82, 2.24) is 4.98 Å². The second-order valence-corrected chi connectivity index (χ2v) is 8.45. The molecule has 0 saturated heterocycles. The van der Waals surface area contributed by atoms with E-state index in [2.05, 4.69) is 41.6 Å². The summed E-state index contributed by atoms with van der Waals surface area (Å²) in [6, 6.07) is 4.37. The number of hydrogen-bond acceptors (Lipinski definition) is 3. The summed E-state index contributed by atoms with van der Waals surface area (Å²) < 4.78 is 28.2. The Labute approximate surface area is 153 Å². The zero-order valence-corrected chi connectivity index (χ0v) is 16.1. The molecule has 0 bridgehead atoms. The van der Waals surface area contributed by atoms with Crippen LogP contribution in [0.5, 0.6) is 0 Å². The van der Waals surface area contributed by atoms with Crippen LogP contribution in [0.2, 0.25) is 15.2 Å². The maximum atomic E-state index is 12.4. The van der Waals surface area contributed by atoms with Gasteiger partial charge in [-0.2, -0.15) is 0 Å². The molecule has 21 heavy (non-hydrogen) atoms. The van der Waals surface area contributed by atoms with E-state index in [4.69, 9.17) is 34.8 Å². The van der Waals surface area contributed by atoms with Crippen molar-refractivity contribution in [1.29, 1.82) is 0 Å². The molecule has 1 N–H and O–H groups in total. The molecule has 112 valence electrons. The zero-order valence-electron chi connectivity index (χ0n) is 9.87. The van der Waals surface area contributed by atoms with Crippen LogP contribution in [0.1, 0.15) is 0 Å². The van der Waals surface area contributed by atoms with Crippen LogP contribution >= 0.6 is 66.7 Å². The maximum absolute atomic E-state index is 12.4. The number of halogens is 5. The first-order chi connectivity index (χ1) is 9.70. The first-order valence-electron chi connectivity index (χ1n) is 5.19. The molecule has 2 rings (SSSR count). The summed E-state index contributed by atoms with van der Waals surface area (Å²) in [6.07, 6.45) is 1.39. The van der Waals surface area contributed by atoms with Crippen molar-refractivity contribution < 1.29 is 8.42 Å². The van der Waals surface area contributed by atoms with Crippen molar-refractivity contribution in [3.05, 3.63) is 48.5 Å². The van der Waals surface area contributed by atoms with Crippen molar-refractivity contribution in [3.8, 4) is 0 Å². The zero-order chi connectivity index (χ0) is 15.8. The van der Waals surface area contributed by atoms with Gasteiger partial charge in [0.1, 0.15) is 10.0 Å². The van der Waals surface area contributed by atoms with Gasteiger partial charge in [-0.15, -0.1) is 0 Å². The number of sulfonamides is 1. The lowest BCUT2D eigenvalue weighted by Gasteiger charge is -2.12. The SMILES string of the molecule is O=S(=O)(Nc1c(Cl)cc(Br)cc1Cl)c1cc(Br)cnc1Cl.